The third-order valence-corrected chi connectivity index (χ3v) is 9.74. The van der Waals surface area contributed by atoms with E-state index in [1.54, 1.807) is 6.08 Å². The van der Waals surface area contributed by atoms with Gasteiger partial charge in [0.15, 0.2) is 0 Å². The molecule has 0 amide bonds. The van der Waals surface area contributed by atoms with Crippen LogP contribution in [0.25, 0.3) is 0 Å². The Labute approximate surface area is 267 Å². The molecule has 0 bridgehead atoms. The molecule has 0 spiro atoms. The van der Waals surface area contributed by atoms with Crippen LogP contribution in [-0.4, -0.2) is 44.3 Å². The van der Waals surface area contributed by atoms with Gasteiger partial charge in [-0.05, 0) is 72.1 Å². The first-order valence-corrected chi connectivity index (χ1v) is 15.9. The van der Waals surface area contributed by atoms with E-state index < -0.39 is 17.1 Å². The predicted molar refractivity (Wildman–Crippen MR) is 185 cm³/mol. The van der Waals surface area contributed by atoms with Gasteiger partial charge in [-0.25, -0.2) is 0 Å². The molecule has 1 aliphatic heterocycles. The highest BCUT2D eigenvalue weighted by Crippen LogP contribution is 2.66. The number of hydrogen-bond donors (Lipinski definition) is 3. The van der Waals surface area contributed by atoms with Crippen LogP contribution in [0.5, 0.6) is 0 Å². The number of allylic oxidation sites excluding steroid dienone is 16. The minimum atomic E-state index is -1.08. The van der Waals surface area contributed by atoms with Crippen molar-refractivity contribution in [1.82, 2.24) is 0 Å². The van der Waals surface area contributed by atoms with Gasteiger partial charge < -0.3 is 20.1 Å². The zero-order valence-electron chi connectivity index (χ0n) is 28.7. The van der Waals surface area contributed by atoms with Crippen LogP contribution in [-0.2, 0) is 4.74 Å². The van der Waals surface area contributed by atoms with Gasteiger partial charge in [0.2, 0.25) is 0 Å². The highest BCUT2D eigenvalue weighted by Gasteiger charge is 2.74. The smallest absolute Gasteiger partial charge is 0.121 e. The van der Waals surface area contributed by atoms with E-state index in [2.05, 4.69) is 90.2 Å². The second-order valence-electron chi connectivity index (χ2n) is 14.7. The lowest BCUT2D eigenvalue weighted by molar-refractivity contribution is -0.0292. The van der Waals surface area contributed by atoms with E-state index in [1.807, 2.05) is 64.2 Å². The van der Waals surface area contributed by atoms with E-state index in [9.17, 15) is 15.3 Å². The Balaban J connectivity index is 1.51. The van der Waals surface area contributed by atoms with Crippen LogP contribution in [0.15, 0.2) is 119 Å². The Kier molecular flexibility index (Phi) is 11.1. The van der Waals surface area contributed by atoms with E-state index in [0.717, 1.165) is 34.3 Å². The molecule has 1 heterocycles. The Bertz CT molecular complexity index is 1370. The van der Waals surface area contributed by atoms with Gasteiger partial charge in [-0.1, -0.05) is 129 Å². The summed E-state index contributed by atoms with van der Waals surface area (Å²) in [6, 6.07) is 0. The monoisotopic (exact) mass is 600 g/mol. The van der Waals surface area contributed by atoms with Crippen LogP contribution in [0.3, 0.4) is 0 Å². The largest absolute Gasteiger partial charge is 0.393 e. The van der Waals surface area contributed by atoms with Crippen molar-refractivity contribution in [3.05, 3.63) is 119 Å². The lowest BCUT2D eigenvalue weighted by Crippen LogP contribution is -2.48. The van der Waals surface area contributed by atoms with Crippen molar-refractivity contribution in [2.75, 3.05) is 0 Å². The molecular formula is C40H56O4. The fraction of sp³-hybridized carbons (Fsp3) is 0.500. The lowest BCUT2D eigenvalue weighted by Gasteiger charge is -2.46. The SMILES string of the molecule is CC1=CC(O)CC(C)(C)C1(O)/C=C/C(C)=C\C=C\C(C)=C/C=C/C=C(C)/C=C/C=C(C)\C=C\C12OC1(C)CC(O)CC2(C)C. The summed E-state index contributed by atoms with van der Waals surface area (Å²) < 4.78 is 6.24. The summed E-state index contributed by atoms with van der Waals surface area (Å²) in [7, 11) is 0. The fourth-order valence-corrected chi connectivity index (χ4v) is 6.96. The Morgan fingerprint density at radius 1 is 0.682 bits per heavy atom. The first kappa shape index (κ1) is 35.7. The third kappa shape index (κ3) is 8.09. The van der Waals surface area contributed by atoms with E-state index in [1.165, 1.54) is 0 Å². The molecule has 5 unspecified atom stereocenters. The third-order valence-electron chi connectivity index (χ3n) is 9.74. The van der Waals surface area contributed by atoms with Crippen molar-refractivity contribution in [2.24, 2.45) is 10.8 Å². The second kappa shape index (κ2) is 13.7. The quantitative estimate of drug-likeness (QED) is 0.133. The molecule has 5 atom stereocenters. The van der Waals surface area contributed by atoms with Gasteiger partial charge >= 0.3 is 0 Å². The van der Waals surface area contributed by atoms with Crippen LogP contribution in [0.1, 0.15) is 88.5 Å². The highest BCUT2D eigenvalue weighted by molar-refractivity contribution is 5.38. The van der Waals surface area contributed by atoms with Crippen LogP contribution in [0.4, 0.5) is 0 Å². The van der Waals surface area contributed by atoms with Crippen molar-refractivity contribution in [3.8, 4) is 0 Å². The summed E-state index contributed by atoms with van der Waals surface area (Å²) in [6.45, 7) is 20.6. The summed E-state index contributed by atoms with van der Waals surface area (Å²) in [4.78, 5) is 0. The van der Waals surface area contributed by atoms with Gasteiger partial charge in [-0.2, -0.15) is 0 Å². The summed E-state index contributed by atoms with van der Waals surface area (Å²) in [5.74, 6) is 0. The van der Waals surface area contributed by atoms with Crippen molar-refractivity contribution in [2.45, 2.75) is 118 Å². The molecule has 2 fully saturated rings. The highest BCUT2D eigenvalue weighted by atomic mass is 16.6. The van der Waals surface area contributed by atoms with E-state index in [0.29, 0.717) is 12.8 Å². The normalized spacial score (nSPS) is 35.0. The number of hydrogen-bond acceptors (Lipinski definition) is 4. The molecule has 240 valence electrons. The predicted octanol–water partition coefficient (Wildman–Crippen LogP) is 8.73. The van der Waals surface area contributed by atoms with E-state index in [-0.39, 0.29) is 22.7 Å². The van der Waals surface area contributed by atoms with E-state index in [4.69, 9.17) is 4.74 Å². The number of aliphatic hydroxyl groups excluding tert-OH is 2. The van der Waals surface area contributed by atoms with Gasteiger partial charge in [-0.15, -0.1) is 0 Å². The average molecular weight is 601 g/mol. The zero-order valence-corrected chi connectivity index (χ0v) is 28.7. The molecule has 0 aromatic rings. The van der Waals surface area contributed by atoms with Crippen molar-refractivity contribution < 1.29 is 20.1 Å². The minimum Gasteiger partial charge on any atom is -0.393 e. The second-order valence-corrected chi connectivity index (χ2v) is 14.7. The molecule has 0 aromatic carbocycles. The molecule has 0 aromatic heterocycles. The van der Waals surface area contributed by atoms with Gasteiger partial charge in [-0.3, -0.25) is 0 Å². The first-order chi connectivity index (χ1) is 20.4. The molecule has 0 radical (unpaired) electrons. The summed E-state index contributed by atoms with van der Waals surface area (Å²) in [6.07, 6.45) is 31.7. The van der Waals surface area contributed by atoms with Crippen molar-refractivity contribution in [1.29, 1.82) is 0 Å². The van der Waals surface area contributed by atoms with Crippen LogP contribution < -0.4 is 0 Å². The molecule has 3 N–H and O–H groups in total. The summed E-state index contributed by atoms with van der Waals surface area (Å²) >= 11 is 0. The molecule has 44 heavy (non-hydrogen) atoms. The Hall–Kier alpha value is -2.76. The minimum absolute atomic E-state index is 0.104. The first-order valence-electron chi connectivity index (χ1n) is 15.9. The van der Waals surface area contributed by atoms with Crippen LogP contribution in [0.2, 0.25) is 0 Å². The standard InChI is InChI=1S/C40H56O4/c1-29(17-13-19-31(3)21-23-39(43)33(5)25-34(41)26-36(39,6)7)15-11-12-16-30(2)18-14-20-32(4)22-24-40-37(8,9)27-35(42)28-38(40,10)44-40/h11-25,34-35,41-43H,26-28H2,1-10H3/b12-11+,17-13+,18-14+,23-21+,24-22+,29-15-,30-16+,31-19-,32-20-. The van der Waals surface area contributed by atoms with Gasteiger partial charge in [0, 0.05) is 17.3 Å². The van der Waals surface area contributed by atoms with Crippen molar-refractivity contribution in [3.63, 3.8) is 0 Å². The molecule has 3 aliphatic rings. The Morgan fingerprint density at radius 3 is 1.66 bits per heavy atom. The van der Waals surface area contributed by atoms with Crippen molar-refractivity contribution >= 4 is 0 Å². The number of rotatable bonds is 10. The average Bonchev–Trinajstić information content (AvgIpc) is 3.52. The zero-order chi connectivity index (χ0) is 33.0. The molecule has 2 aliphatic carbocycles. The summed E-state index contributed by atoms with van der Waals surface area (Å²) in [5.41, 5.74) is 3.05. The number of fused-ring (bicyclic) bond motifs is 1. The van der Waals surface area contributed by atoms with Gasteiger partial charge in [0.1, 0.15) is 16.8 Å². The molecule has 4 nitrogen and oxygen atoms in total. The maximum Gasteiger partial charge on any atom is 0.121 e. The lowest BCUT2D eigenvalue weighted by atomic mass is 9.63. The number of epoxide rings is 1. The molecular weight excluding hydrogens is 544 g/mol. The van der Waals surface area contributed by atoms with Crippen LogP contribution >= 0.6 is 0 Å². The summed E-state index contributed by atoms with van der Waals surface area (Å²) in [5, 5.41) is 31.7. The Morgan fingerprint density at radius 2 is 1.16 bits per heavy atom. The fourth-order valence-electron chi connectivity index (χ4n) is 6.96. The molecule has 1 saturated carbocycles. The van der Waals surface area contributed by atoms with Gasteiger partial charge in [0.05, 0.1) is 12.2 Å². The topological polar surface area (TPSA) is 73.2 Å². The number of ether oxygens (including phenoxy) is 1. The molecule has 4 heteroatoms. The molecule has 1 saturated heterocycles. The van der Waals surface area contributed by atoms with Gasteiger partial charge in [0.25, 0.3) is 0 Å². The van der Waals surface area contributed by atoms with E-state index >= 15 is 0 Å². The number of aliphatic hydroxyl groups is 3. The van der Waals surface area contributed by atoms with Crippen LogP contribution in [0, 0.1) is 10.8 Å². The maximum absolute atomic E-state index is 11.3. The maximum atomic E-state index is 11.3. The molecule has 3 rings (SSSR count).